The van der Waals surface area contributed by atoms with Crippen molar-refractivity contribution < 1.29 is 19.0 Å². The summed E-state index contributed by atoms with van der Waals surface area (Å²) in [5.41, 5.74) is 1.04. The summed E-state index contributed by atoms with van der Waals surface area (Å²) >= 11 is 0. The third-order valence-corrected chi connectivity index (χ3v) is 2.65. The van der Waals surface area contributed by atoms with Crippen LogP contribution in [-0.2, 0) is 14.3 Å². The summed E-state index contributed by atoms with van der Waals surface area (Å²) in [4.78, 5) is 9.99. The molecule has 0 spiro atoms. The van der Waals surface area contributed by atoms with Crippen LogP contribution in [0.25, 0.3) is 6.08 Å². The van der Waals surface area contributed by atoms with Crippen LogP contribution in [0.5, 0.6) is 5.75 Å². The first-order chi connectivity index (χ1) is 9.83. The van der Waals surface area contributed by atoms with Crippen LogP contribution in [0.2, 0.25) is 0 Å². The van der Waals surface area contributed by atoms with Crippen molar-refractivity contribution in [2.24, 2.45) is 0 Å². The smallest absolute Gasteiger partial charge is 0.189 e. The lowest BCUT2D eigenvalue weighted by Crippen LogP contribution is -2.30. The van der Waals surface area contributed by atoms with E-state index in [0.717, 1.165) is 17.6 Å². The fourth-order valence-electron chi connectivity index (χ4n) is 1.67. The summed E-state index contributed by atoms with van der Waals surface area (Å²) in [5, 5.41) is 3.05. The van der Waals surface area contributed by atoms with Gasteiger partial charge in [-0.2, -0.15) is 0 Å². The zero-order valence-electron chi connectivity index (χ0n) is 11.0. The number of rotatable bonds is 6. The minimum absolute atomic E-state index is 0.145. The molecule has 1 aliphatic heterocycles. The Morgan fingerprint density at radius 1 is 1.50 bits per heavy atom. The average molecular weight is 273 g/mol. The fourth-order valence-corrected chi connectivity index (χ4v) is 1.67. The average Bonchev–Trinajstić information content (AvgIpc) is 2.50. The highest BCUT2D eigenvalue weighted by atomic mass is 16.5. The summed E-state index contributed by atoms with van der Waals surface area (Å²) in [5.74, 6) is 2.88. The van der Waals surface area contributed by atoms with E-state index in [4.69, 9.17) is 14.2 Å². The quantitative estimate of drug-likeness (QED) is 0.633. The molecular formula is C15H15NO4. The van der Waals surface area contributed by atoms with Crippen molar-refractivity contribution in [2.45, 2.75) is 6.23 Å². The van der Waals surface area contributed by atoms with Gasteiger partial charge in [0.1, 0.15) is 18.1 Å². The number of hydrogen-bond acceptors (Lipinski definition) is 5. The molecule has 20 heavy (non-hydrogen) atoms. The van der Waals surface area contributed by atoms with Crippen LogP contribution in [0.15, 0.2) is 48.6 Å². The maximum atomic E-state index is 9.99. The number of nitrogens with one attached hydrogen (secondary N) is 1. The Morgan fingerprint density at radius 2 is 2.35 bits per heavy atom. The van der Waals surface area contributed by atoms with Gasteiger partial charge >= 0.3 is 0 Å². The maximum Gasteiger partial charge on any atom is 0.189 e. The summed E-state index contributed by atoms with van der Waals surface area (Å²) < 4.78 is 15.7. The molecule has 0 fully saturated rings. The molecule has 1 heterocycles. The molecule has 1 aromatic carbocycles. The Labute approximate surface area is 117 Å². The van der Waals surface area contributed by atoms with Gasteiger partial charge in [0, 0.05) is 11.8 Å². The van der Waals surface area contributed by atoms with E-state index in [1.807, 2.05) is 36.4 Å². The Hall–Kier alpha value is -2.65. The Kier molecular flexibility index (Phi) is 4.87. The monoisotopic (exact) mass is 273 g/mol. The first-order valence-electron chi connectivity index (χ1n) is 6.07. The predicted molar refractivity (Wildman–Crippen MR) is 74.3 cm³/mol. The lowest BCUT2D eigenvalue weighted by Gasteiger charge is -2.21. The van der Waals surface area contributed by atoms with Gasteiger partial charge in [0.05, 0.1) is 7.11 Å². The van der Waals surface area contributed by atoms with Crippen LogP contribution in [0, 0.1) is 0 Å². The van der Waals surface area contributed by atoms with Crippen molar-refractivity contribution in [1.29, 1.82) is 0 Å². The minimum Gasteiger partial charge on any atom is -0.496 e. The third kappa shape index (κ3) is 3.67. The van der Waals surface area contributed by atoms with Gasteiger partial charge in [0.2, 0.25) is 0 Å². The standard InChI is InChI=1S/C15H15NO4/c1-18-13(11-19-9-8-17)10-16-15-7-6-12-4-2-3-5-14(12)20-15/h2-7,9-10,15-16H,11H2,1H3/b13-10+. The normalized spacial score (nSPS) is 16.4. The van der Waals surface area contributed by atoms with Crippen molar-refractivity contribution in [3.63, 3.8) is 0 Å². The van der Waals surface area contributed by atoms with E-state index in [9.17, 15) is 4.79 Å². The van der Waals surface area contributed by atoms with Crippen LogP contribution in [-0.4, -0.2) is 25.9 Å². The van der Waals surface area contributed by atoms with Gasteiger partial charge in [-0.05, 0) is 18.2 Å². The van der Waals surface area contributed by atoms with Gasteiger partial charge in [-0.25, -0.2) is 4.79 Å². The van der Waals surface area contributed by atoms with Gasteiger partial charge in [-0.15, -0.1) is 0 Å². The SMILES string of the molecule is CO/C(=C/NC1C=Cc2ccccc2O1)COC=C=O. The second-order valence-electron chi connectivity index (χ2n) is 3.96. The maximum absolute atomic E-state index is 9.99. The molecule has 0 radical (unpaired) electrons. The van der Waals surface area contributed by atoms with E-state index in [1.165, 1.54) is 13.1 Å². The van der Waals surface area contributed by atoms with Crippen LogP contribution < -0.4 is 10.1 Å². The molecular weight excluding hydrogens is 258 g/mol. The molecule has 1 aromatic rings. The molecule has 1 atom stereocenters. The van der Waals surface area contributed by atoms with Crippen molar-refractivity contribution in [3.05, 3.63) is 54.1 Å². The van der Waals surface area contributed by atoms with Crippen molar-refractivity contribution in [2.75, 3.05) is 13.7 Å². The number of para-hydroxylation sites is 1. The van der Waals surface area contributed by atoms with Crippen LogP contribution in [0.4, 0.5) is 0 Å². The predicted octanol–water partition coefficient (Wildman–Crippen LogP) is 1.86. The summed E-state index contributed by atoms with van der Waals surface area (Å²) in [7, 11) is 1.52. The number of hydrogen-bond donors (Lipinski definition) is 1. The highest BCUT2D eigenvalue weighted by molar-refractivity contribution is 5.59. The summed E-state index contributed by atoms with van der Waals surface area (Å²) in [6, 6.07) is 7.77. The Morgan fingerprint density at radius 3 is 3.15 bits per heavy atom. The molecule has 5 nitrogen and oxygen atoms in total. The van der Waals surface area contributed by atoms with Gasteiger partial charge in [-0.1, -0.05) is 18.2 Å². The first kappa shape index (κ1) is 13.8. The van der Waals surface area contributed by atoms with E-state index >= 15 is 0 Å². The van der Waals surface area contributed by atoms with E-state index in [2.05, 4.69) is 5.32 Å². The largest absolute Gasteiger partial charge is 0.496 e. The highest BCUT2D eigenvalue weighted by Crippen LogP contribution is 2.24. The van der Waals surface area contributed by atoms with Crippen molar-refractivity contribution in [3.8, 4) is 5.75 Å². The van der Waals surface area contributed by atoms with E-state index in [1.54, 1.807) is 6.20 Å². The Balaban J connectivity index is 1.93. The summed E-state index contributed by atoms with van der Waals surface area (Å²) in [6.07, 6.45) is 6.19. The van der Waals surface area contributed by atoms with E-state index < -0.39 is 0 Å². The van der Waals surface area contributed by atoms with Gasteiger partial charge < -0.3 is 19.5 Å². The molecule has 0 amide bonds. The lowest BCUT2D eigenvalue weighted by atomic mass is 10.1. The van der Waals surface area contributed by atoms with Gasteiger partial charge in [0.15, 0.2) is 18.4 Å². The van der Waals surface area contributed by atoms with Crippen LogP contribution in [0.1, 0.15) is 5.56 Å². The molecule has 0 saturated heterocycles. The minimum atomic E-state index is -0.281. The first-order valence-corrected chi connectivity index (χ1v) is 6.07. The van der Waals surface area contributed by atoms with Crippen LogP contribution >= 0.6 is 0 Å². The van der Waals surface area contributed by atoms with Gasteiger partial charge in [0.25, 0.3) is 0 Å². The molecule has 104 valence electrons. The van der Waals surface area contributed by atoms with Crippen LogP contribution in [0.3, 0.4) is 0 Å². The number of ether oxygens (including phenoxy) is 3. The molecule has 5 heteroatoms. The molecule has 1 unspecified atom stereocenters. The second-order valence-corrected chi connectivity index (χ2v) is 3.96. The fraction of sp³-hybridized carbons (Fsp3) is 0.200. The van der Waals surface area contributed by atoms with E-state index in [-0.39, 0.29) is 12.8 Å². The topological polar surface area (TPSA) is 56.8 Å². The molecule has 0 bridgehead atoms. The number of carbonyl (C=O) groups excluding carboxylic acids is 1. The zero-order chi connectivity index (χ0) is 14.2. The van der Waals surface area contributed by atoms with Crippen molar-refractivity contribution in [1.82, 2.24) is 5.32 Å². The van der Waals surface area contributed by atoms with E-state index in [0.29, 0.717) is 5.76 Å². The zero-order valence-corrected chi connectivity index (χ0v) is 11.0. The molecule has 0 saturated carbocycles. The molecule has 1 aliphatic rings. The molecule has 2 rings (SSSR count). The number of methoxy groups -OCH3 is 1. The lowest BCUT2D eigenvalue weighted by molar-refractivity contribution is 0.181. The number of fused-ring (bicyclic) bond motifs is 1. The number of benzene rings is 1. The molecule has 1 N–H and O–H groups in total. The second kappa shape index (κ2) is 7.07. The highest BCUT2D eigenvalue weighted by Gasteiger charge is 2.12. The molecule has 0 aliphatic carbocycles. The van der Waals surface area contributed by atoms with Crippen molar-refractivity contribution >= 4 is 12.0 Å². The summed E-state index contributed by atoms with van der Waals surface area (Å²) in [6.45, 7) is 0.145. The molecule has 0 aromatic heterocycles. The van der Waals surface area contributed by atoms with Gasteiger partial charge in [-0.3, -0.25) is 0 Å². The Bertz CT molecular complexity index is 559. The third-order valence-electron chi connectivity index (χ3n) is 2.65.